The molecule has 3 heterocycles. The molecule has 188 valence electrons. The lowest BCUT2D eigenvalue weighted by Gasteiger charge is -2.31. The van der Waals surface area contributed by atoms with E-state index in [-0.39, 0.29) is 23.4 Å². The van der Waals surface area contributed by atoms with Crippen LogP contribution in [0.1, 0.15) is 35.7 Å². The second-order valence-electron chi connectivity index (χ2n) is 9.01. The number of halogens is 1. The monoisotopic (exact) mass is 525 g/mol. The first-order valence-electron chi connectivity index (χ1n) is 12.0. The zero-order valence-electron chi connectivity index (χ0n) is 19.8. The molecule has 2 saturated heterocycles. The number of benzene rings is 2. The van der Waals surface area contributed by atoms with E-state index >= 15 is 0 Å². The van der Waals surface area contributed by atoms with Crippen LogP contribution in [0.25, 0.3) is 5.57 Å². The Morgan fingerprint density at radius 2 is 1.97 bits per heavy atom. The molecule has 2 atom stereocenters. The lowest BCUT2D eigenvalue weighted by Crippen LogP contribution is -2.38. The smallest absolute Gasteiger partial charge is 0.253 e. The largest absolute Gasteiger partial charge is 0.375 e. The van der Waals surface area contributed by atoms with Gasteiger partial charge in [0.2, 0.25) is 0 Å². The van der Waals surface area contributed by atoms with Crippen LogP contribution >= 0.6 is 23.4 Å². The number of tetrazole rings is 1. The summed E-state index contributed by atoms with van der Waals surface area (Å²) in [5.41, 5.74) is 2.23. The van der Waals surface area contributed by atoms with E-state index < -0.39 is 0 Å². The number of carbonyl (C=O) groups is 1. The van der Waals surface area contributed by atoms with Crippen LogP contribution < -0.4 is 0 Å². The van der Waals surface area contributed by atoms with Crippen LogP contribution in [-0.4, -0.2) is 69.3 Å². The summed E-state index contributed by atoms with van der Waals surface area (Å²) in [5, 5.41) is 14.7. The number of rotatable bonds is 7. The van der Waals surface area contributed by atoms with Gasteiger partial charge in [-0.05, 0) is 46.5 Å². The number of aromatic nitrogens is 4. The fourth-order valence-corrected chi connectivity index (χ4v) is 5.86. The highest BCUT2D eigenvalue weighted by molar-refractivity contribution is 8.00. The number of hydrogen-bond donors (Lipinski definition) is 1. The molecule has 36 heavy (non-hydrogen) atoms. The molecule has 1 aromatic heterocycles. The van der Waals surface area contributed by atoms with E-state index in [9.17, 15) is 4.79 Å². The highest BCUT2D eigenvalue weighted by Crippen LogP contribution is 2.35. The molecule has 0 bridgehead atoms. The van der Waals surface area contributed by atoms with Crippen LogP contribution in [0, 0.1) is 0 Å². The summed E-state index contributed by atoms with van der Waals surface area (Å²) in [4.78, 5) is 15.8. The highest BCUT2D eigenvalue weighted by atomic mass is 35.5. The summed E-state index contributed by atoms with van der Waals surface area (Å²) in [6.07, 6.45) is 2.42. The molecule has 0 spiro atoms. The standard InChI is InChI=1S/C26H28ClN5O3S/c1-17(26(33)32-11-9-19(10-12-32)25-28-30-31-29-25)20-7-8-23(22(27)14-20)36-24-16-34-15-21(35-24)13-18-5-3-2-4-6-18/h2-8,14,19,21,24H,1,9-13,15-16H2,(H,28,29,30,31). The van der Waals surface area contributed by atoms with E-state index in [4.69, 9.17) is 21.1 Å². The number of H-pyrrole nitrogens is 1. The average Bonchev–Trinajstić information content (AvgIpc) is 3.45. The van der Waals surface area contributed by atoms with E-state index in [1.54, 1.807) is 0 Å². The maximum Gasteiger partial charge on any atom is 0.253 e. The van der Waals surface area contributed by atoms with Crippen LogP contribution in [0.5, 0.6) is 0 Å². The van der Waals surface area contributed by atoms with Crippen molar-refractivity contribution >= 4 is 34.8 Å². The number of likely N-dealkylation sites (tertiary alicyclic amines) is 1. The number of amides is 1. The predicted octanol–water partition coefficient (Wildman–Crippen LogP) is 4.35. The first kappa shape index (κ1) is 25.0. The Morgan fingerprint density at radius 1 is 1.17 bits per heavy atom. The Kier molecular flexibility index (Phi) is 8.01. The molecule has 0 aliphatic carbocycles. The minimum absolute atomic E-state index is 0.00134. The van der Waals surface area contributed by atoms with Gasteiger partial charge in [0.1, 0.15) is 5.44 Å². The molecule has 2 fully saturated rings. The van der Waals surface area contributed by atoms with Crippen LogP contribution in [0.3, 0.4) is 0 Å². The molecule has 1 amide bonds. The van der Waals surface area contributed by atoms with Gasteiger partial charge in [0.05, 0.1) is 24.3 Å². The summed E-state index contributed by atoms with van der Waals surface area (Å²) in [6, 6.07) is 15.9. The summed E-state index contributed by atoms with van der Waals surface area (Å²) in [5.74, 6) is 0.939. The van der Waals surface area contributed by atoms with Crippen molar-refractivity contribution in [3.63, 3.8) is 0 Å². The van der Waals surface area contributed by atoms with Gasteiger partial charge in [-0.2, -0.15) is 0 Å². The summed E-state index contributed by atoms with van der Waals surface area (Å²) >= 11 is 8.16. The molecule has 0 saturated carbocycles. The number of carbonyl (C=O) groups excluding carboxylic acids is 1. The van der Waals surface area contributed by atoms with Gasteiger partial charge in [-0.15, -0.1) is 5.10 Å². The Labute approximate surface area is 219 Å². The van der Waals surface area contributed by atoms with E-state index in [1.165, 1.54) is 17.3 Å². The van der Waals surface area contributed by atoms with Crippen LogP contribution in [0.4, 0.5) is 0 Å². The number of thioether (sulfide) groups is 1. The van der Waals surface area contributed by atoms with Gasteiger partial charge in [0, 0.05) is 35.9 Å². The second kappa shape index (κ2) is 11.6. The maximum absolute atomic E-state index is 13.1. The van der Waals surface area contributed by atoms with Gasteiger partial charge < -0.3 is 14.4 Å². The van der Waals surface area contributed by atoms with E-state index in [2.05, 4.69) is 39.3 Å². The van der Waals surface area contributed by atoms with Gasteiger partial charge >= 0.3 is 0 Å². The fourth-order valence-electron chi connectivity index (χ4n) is 4.57. The number of nitrogens with zero attached hydrogens (tertiary/aromatic N) is 4. The summed E-state index contributed by atoms with van der Waals surface area (Å²) < 4.78 is 12.1. The summed E-state index contributed by atoms with van der Waals surface area (Å²) in [6.45, 7) is 6.41. The predicted molar refractivity (Wildman–Crippen MR) is 139 cm³/mol. The van der Waals surface area contributed by atoms with Crippen molar-refractivity contribution in [3.05, 3.63) is 77.1 Å². The molecular weight excluding hydrogens is 498 g/mol. The van der Waals surface area contributed by atoms with Gasteiger partial charge in [-0.3, -0.25) is 4.79 Å². The number of aromatic amines is 1. The van der Waals surface area contributed by atoms with Crippen LogP contribution in [-0.2, 0) is 20.7 Å². The maximum atomic E-state index is 13.1. The lowest BCUT2D eigenvalue weighted by atomic mass is 9.95. The number of piperidine rings is 1. The highest BCUT2D eigenvalue weighted by Gasteiger charge is 2.28. The second-order valence-corrected chi connectivity index (χ2v) is 10.6. The number of ether oxygens (including phenoxy) is 2. The van der Waals surface area contributed by atoms with Crippen LogP contribution in [0.15, 0.2) is 60.0 Å². The molecule has 10 heteroatoms. The van der Waals surface area contributed by atoms with Gasteiger partial charge in [-0.1, -0.05) is 66.3 Å². The Morgan fingerprint density at radius 3 is 2.69 bits per heavy atom. The van der Waals surface area contributed by atoms with Crippen molar-refractivity contribution in [2.75, 3.05) is 26.3 Å². The SMILES string of the molecule is C=C(C(=O)N1CCC(c2nnn[nH]2)CC1)c1ccc(SC2COCC(Cc3ccccc3)O2)c(Cl)c1. The Balaban J connectivity index is 1.16. The van der Waals surface area contributed by atoms with Crippen molar-refractivity contribution in [2.24, 2.45) is 0 Å². The third kappa shape index (κ3) is 5.98. The minimum Gasteiger partial charge on any atom is -0.375 e. The molecular formula is C26H28ClN5O3S. The zero-order valence-corrected chi connectivity index (χ0v) is 21.4. The number of hydrogen-bond acceptors (Lipinski definition) is 7. The summed E-state index contributed by atoms with van der Waals surface area (Å²) in [7, 11) is 0. The molecule has 3 aromatic rings. The molecule has 2 unspecified atom stereocenters. The lowest BCUT2D eigenvalue weighted by molar-refractivity contribution is -0.126. The van der Waals surface area contributed by atoms with Gasteiger partial charge in [0.25, 0.3) is 5.91 Å². The molecule has 2 aromatic carbocycles. The van der Waals surface area contributed by atoms with Crippen molar-refractivity contribution in [3.8, 4) is 0 Å². The van der Waals surface area contributed by atoms with Crippen molar-refractivity contribution in [1.29, 1.82) is 0 Å². The Hall–Kier alpha value is -2.72. The van der Waals surface area contributed by atoms with Crippen molar-refractivity contribution in [1.82, 2.24) is 25.5 Å². The molecule has 1 N–H and O–H groups in total. The van der Waals surface area contributed by atoms with Gasteiger partial charge in [0.15, 0.2) is 5.82 Å². The topological polar surface area (TPSA) is 93.2 Å². The van der Waals surface area contributed by atoms with Crippen LogP contribution in [0.2, 0.25) is 5.02 Å². The minimum atomic E-state index is -0.151. The van der Waals surface area contributed by atoms with E-state index in [0.717, 1.165) is 35.5 Å². The molecule has 2 aliphatic rings. The van der Waals surface area contributed by atoms with Crippen molar-refractivity contribution < 1.29 is 14.3 Å². The third-order valence-electron chi connectivity index (χ3n) is 6.54. The van der Waals surface area contributed by atoms with Gasteiger partial charge in [-0.25, -0.2) is 5.10 Å². The molecule has 2 aliphatic heterocycles. The molecule has 8 nitrogen and oxygen atoms in total. The Bertz CT molecular complexity index is 1190. The number of nitrogens with one attached hydrogen (secondary N) is 1. The first-order chi connectivity index (χ1) is 17.6. The average molecular weight is 526 g/mol. The molecule has 0 radical (unpaired) electrons. The first-order valence-corrected chi connectivity index (χ1v) is 13.3. The third-order valence-corrected chi connectivity index (χ3v) is 8.08. The normalized spacial score (nSPS) is 20.9. The van der Waals surface area contributed by atoms with E-state index in [0.29, 0.717) is 36.9 Å². The van der Waals surface area contributed by atoms with E-state index in [1.807, 2.05) is 41.3 Å². The fraction of sp³-hybridized carbons (Fsp3) is 0.385. The zero-order chi connectivity index (χ0) is 24.9. The quantitative estimate of drug-likeness (QED) is 0.458. The van der Waals surface area contributed by atoms with Crippen molar-refractivity contribution in [2.45, 2.75) is 41.6 Å². The molecule has 5 rings (SSSR count).